The van der Waals surface area contributed by atoms with Crippen LogP contribution in [0.3, 0.4) is 0 Å². The first-order valence-electron chi connectivity index (χ1n) is 3.31. The average Bonchev–Trinajstić information content (AvgIpc) is 1.95. The Kier molecular flexibility index (Phi) is 2.06. The zero-order valence-corrected chi connectivity index (χ0v) is 6.28. The highest BCUT2D eigenvalue weighted by molar-refractivity contribution is 5.91. The van der Waals surface area contributed by atoms with Gasteiger partial charge in [0.15, 0.2) is 0 Å². The van der Waals surface area contributed by atoms with Gasteiger partial charge in [-0.2, -0.15) is 0 Å². The van der Waals surface area contributed by atoms with Crippen molar-refractivity contribution in [3.05, 3.63) is 12.4 Å². The van der Waals surface area contributed by atoms with Crippen LogP contribution in [-0.2, 0) is 0 Å². The van der Waals surface area contributed by atoms with Gasteiger partial charge in [-0.05, 0) is 6.92 Å². The Balaban J connectivity index is 2.71. The minimum atomic E-state index is 0.0514. The van der Waals surface area contributed by atoms with Crippen molar-refractivity contribution in [2.75, 3.05) is 13.7 Å². The maximum absolute atomic E-state index is 8.79. The van der Waals surface area contributed by atoms with Crippen molar-refractivity contribution in [2.24, 2.45) is 4.99 Å². The highest BCUT2D eigenvalue weighted by Crippen LogP contribution is 2.04. The lowest BCUT2D eigenvalue weighted by molar-refractivity contribution is 0.334. The van der Waals surface area contributed by atoms with Crippen molar-refractivity contribution in [1.82, 2.24) is 4.90 Å². The lowest BCUT2D eigenvalue weighted by atomic mass is 10.2. The summed E-state index contributed by atoms with van der Waals surface area (Å²) in [5.74, 6) is 0. The van der Waals surface area contributed by atoms with E-state index in [2.05, 4.69) is 4.99 Å². The van der Waals surface area contributed by atoms with Crippen molar-refractivity contribution in [3.8, 4) is 0 Å². The van der Waals surface area contributed by atoms with E-state index in [1.807, 2.05) is 25.1 Å². The lowest BCUT2D eigenvalue weighted by Crippen LogP contribution is -2.35. The van der Waals surface area contributed by atoms with Crippen LogP contribution in [0.1, 0.15) is 6.92 Å². The summed E-state index contributed by atoms with van der Waals surface area (Å²) < 4.78 is 0. The van der Waals surface area contributed by atoms with E-state index in [-0.39, 0.29) is 12.6 Å². The molecule has 0 saturated heterocycles. The molecule has 1 unspecified atom stereocenters. The summed E-state index contributed by atoms with van der Waals surface area (Å²) in [6, 6.07) is 0.231. The van der Waals surface area contributed by atoms with E-state index in [1.54, 1.807) is 6.20 Å². The second kappa shape index (κ2) is 2.84. The fourth-order valence-corrected chi connectivity index (χ4v) is 0.879. The van der Waals surface area contributed by atoms with Crippen LogP contribution in [-0.4, -0.2) is 35.4 Å². The zero-order chi connectivity index (χ0) is 7.56. The molecule has 1 N–H and O–H groups in total. The molecule has 3 heteroatoms. The van der Waals surface area contributed by atoms with Gasteiger partial charge in [0.05, 0.1) is 18.4 Å². The average molecular weight is 140 g/mol. The number of hydrogen-bond acceptors (Lipinski definition) is 3. The molecule has 1 rings (SSSR count). The van der Waals surface area contributed by atoms with Crippen LogP contribution < -0.4 is 0 Å². The third-order valence-corrected chi connectivity index (χ3v) is 1.80. The van der Waals surface area contributed by atoms with Crippen molar-refractivity contribution >= 4 is 5.71 Å². The molecule has 0 aliphatic carbocycles. The Morgan fingerprint density at radius 1 is 1.80 bits per heavy atom. The molecular formula is C7H12N2O. The minimum Gasteiger partial charge on any atom is -0.390 e. The Labute approximate surface area is 60.7 Å². The number of rotatable bonds is 1. The molecule has 1 aliphatic rings. The van der Waals surface area contributed by atoms with Crippen LogP contribution in [0.25, 0.3) is 0 Å². The van der Waals surface area contributed by atoms with Crippen LogP contribution in [0.4, 0.5) is 0 Å². The summed E-state index contributed by atoms with van der Waals surface area (Å²) in [6.07, 6.45) is 3.59. The molecule has 1 heterocycles. The summed E-state index contributed by atoms with van der Waals surface area (Å²) >= 11 is 0. The van der Waals surface area contributed by atoms with E-state index in [0.717, 1.165) is 5.71 Å². The van der Waals surface area contributed by atoms with Crippen LogP contribution in [0.2, 0.25) is 0 Å². The molecular weight excluding hydrogens is 128 g/mol. The van der Waals surface area contributed by atoms with Crippen LogP contribution in [0.15, 0.2) is 17.4 Å². The van der Waals surface area contributed by atoms with Crippen molar-refractivity contribution in [1.29, 1.82) is 0 Å². The molecule has 0 spiro atoms. The monoisotopic (exact) mass is 140 g/mol. The number of hydrogen-bond donors (Lipinski definition) is 1. The predicted molar refractivity (Wildman–Crippen MR) is 40.9 cm³/mol. The van der Waals surface area contributed by atoms with E-state index >= 15 is 0 Å². The molecule has 1 aliphatic heterocycles. The zero-order valence-electron chi connectivity index (χ0n) is 6.28. The first-order valence-corrected chi connectivity index (χ1v) is 3.31. The maximum atomic E-state index is 8.79. The van der Waals surface area contributed by atoms with E-state index in [0.29, 0.717) is 0 Å². The van der Waals surface area contributed by atoms with E-state index in [4.69, 9.17) is 5.11 Å². The first kappa shape index (κ1) is 7.28. The molecule has 0 amide bonds. The smallest absolute Gasteiger partial charge is 0.0834 e. The summed E-state index contributed by atoms with van der Waals surface area (Å²) in [7, 11) is 1.96. The molecule has 1 atom stereocenters. The van der Waals surface area contributed by atoms with Gasteiger partial charge < -0.3 is 10.0 Å². The molecule has 0 fully saturated rings. The summed E-state index contributed by atoms with van der Waals surface area (Å²) in [5.41, 5.74) is 0.824. The third kappa shape index (κ3) is 1.19. The van der Waals surface area contributed by atoms with Crippen molar-refractivity contribution in [3.63, 3.8) is 0 Å². The normalized spacial score (nSPS) is 24.9. The second-order valence-corrected chi connectivity index (χ2v) is 2.42. The van der Waals surface area contributed by atoms with Gasteiger partial charge >= 0.3 is 0 Å². The number of nitrogens with zero attached hydrogens (tertiary/aromatic N) is 2. The van der Waals surface area contributed by atoms with E-state index < -0.39 is 0 Å². The van der Waals surface area contributed by atoms with Gasteiger partial charge in [0.1, 0.15) is 0 Å². The van der Waals surface area contributed by atoms with Crippen LogP contribution >= 0.6 is 0 Å². The number of aliphatic imine (C=N–C) groups is 1. The van der Waals surface area contributed by atoms with Gasteiger partial charge in [0.25, 0.3) is 0 Å². The molecule has 0 saturated carbocycles. The van der Waals surface area contributed by atoms with Gasteiger partial charge in [0, 0.05) is 19.4 Å². The quantitative estimate of drug-likeness (QED) is 0.565. The third-order valence-electron chi connectivity index (χ3n) is 1.80. The predicted octanol–water partition coefficient (Wildman–Crippen LogP) is 0.225. The van der Waals surface area contributed by atoms with Gasteiger partial charge in [-0.25, -0.2) is 0 Å². The van der Waals surface area contributed by atoms with Crippen LogP contribution in [0.5, 0.6) is 0 Å². The first-order chi connectivity index (χ1) is 4.75. The Bertz CT molecular complexity index is 174. The van der Waals surface area contributed by atoms with E-state index in [9.17, 15) is 0 Å². The fourth-order valence-electron chi connectivity index (χ4n) is 0.879. The van der Waals surface area contributed by atoms with Gasteiger partial charge in [-0.15, -0.1) is 0 Å². The molecule has 3 nitrogen and oxygen atoms in total. The summed E-state index contributed by atoms with van der Waals surface area (Å²) in [4.78, 5) is 6.04. The number of aliphatic hydroxyl groups is 1. The molecule has 10 heavy (non-hydrogen) atoms. The Hall–Kier alpha value is -0.830. The minimum absolute atomic E-state index is 0.0514. The van der Waals surface area contributed by atoms with Gasteiger partial charge in [-0.1, -0.05) is 0 Å². The summed E-state index contributed by atoms with van der Waals surface area (Å²) in [6.45, 7) is 2.06. The largest absolute Gasteiger partial charge is 0.390 e. The Morgan fingerprint density at radius 2 is 2.50 bits per heavy atom. The highest BCUT2D eigenvalue weighted by atomic mass is 16.3. The van der Waals surface area contributed by atoms with Gasteiger partial charge in [0.2, 0.25) is 0 Å². The number of aliphatic hydroxyl groups excluding tert-OH is 1. The topological polar surface area (TPSA) is 35.8 Å². The van der Waals surface area contributed by atoms with Crippen molar-refractivity contribution in [2.45, 2.75) is 13.0 Å². The van der Waals surface area contributed by atoms with E-state index in [1.165, 1.54) is 0 Å². The molecule has 0 aromatic carbocycles. The van der Waals surface area contributed by atoms with Crippen molar-refractivity contribution < 1.29 is 5.11 Å². The molecule has 0 aromatic rings. The standard InChI is InChI=1S/C7H12N2O/c1-6-7(5-10)8-3-4-9(6)2/h3-4,6,10H,5H2,1-2H3. The maximum Gasteiger partial charge on any atom is 0.0834 e. The Morgan fingerprint density at radius 3 is 3.00 bits per heavy atom. The molecule has 56 valence electrons. The van der Waals surface area contributed by atoms with Gasteiger partial charge in [-0.3, -0.25) is 4.99 Å². The highest BCUT2D eigenvalue weighted by Gasteiger charge is 2.13. The SMILES string of the molecule is CC1C(CO)=NC=CN1C. The second-order valence-electron chi connectivity index (χ2n) is 2.42. The molecule has 0 radical (unpaired) electrons. The molecule has 0 aromatic heterocycles. The lowest BCUT2D eigenvalue weighted by Gasteiger charge is -2.25. The summed E-state index contributed by atoms with van der Waals surface area (Å²) in [5, 5.41) is 8.79. The molecule has 0 bridgehead atoms. The fraction of sp³-hybridized carbons (Fsp3) is 0.571. The van der Waals surface area contributed by atoms with Crippen LogP contribution in [0, 0.1) is 0 Å².